The van der Waals surface area contributed by atoms with Gasteiger partial charge in [0.05, 0.1) is 13.2 Å². The van der Waals surface area contributed by atoms with Crippen LogP contribution in [0.1, 0.15) is 18.5 Å². The number of carbonyl (C=O) groups excluding carboxylic acids is 2. The number of piperazine rings is 1. The first kappa shape index (κ1) is 14.5. The van der Waals surface area contributed by atoms with E-state index in [1.165, 1.54) is 0 Å². The van der Waals surface area contributed by atoms with Gasteiger partial charge in [0.15, 0.2) is 0 Å². The monoisotopic (exact) mass is 276 g/mol. The smallest absolute Gasteiger partial charge is 0.247 e. The number of hydrogen-bond acceptors (Lipinski definition) is 3. The number of hydrogen-bond donors (Lipinski definition) is 1. The summed E-state index contributed by atoms with van der Waals surface area (Å²) < 4.78 is 5.11. The molecule has 0 bridgehead atoms. The lowest BCUT2D eigenvalue weighted by Crippen LogP contribution is -2.54. The van der Waals surface area contributed by atoms with E-state index in [2.05, 4.69) is 5.32 Å². The third-order valence-electron chi connectivity index (χ3n) is 3.37. The molecule has 1 saturated heterocycles. The Hall–Kier alpha value is -1.88. The fourth-order valence-corrected chi connectivity index (χ4v) is 2.49. The van der Waals surface area contributed by atoms with Gasteiger partial charge in [0.1, 0.15) is 6.04 Å². The Morgan fingerprint density at radius 3 is 2.70 bits per heavy atom. The van der Waals surface area contributed by atoms with Gasteiger partial charge in [0.2, 0.25) is 11.8 Å². The van der Waals surface area contributed by atoms with Gasteiger partial charge in [-0.25, -0.2) is 0 Å². The third-order valence-corrected chi connectivity index (χ3v) is 3.37. The zero-order valence-electron chi connectivity index (χ0n) is 11.8. The maximum atomic E-state index is 12.2. The molecule has 0 spiro atoms. The van der Waals surface area contributed by atoms with Crippen molar-refractivity contribution in [2.75, 3.05) is 26.8 Å². The highest BCUT2D eigenvalue weighted by molar-refractivity contribution is 5.95. The summed E-state index contributed by atoms with van der Waals surface area (Å²) in [5.41, 5.74) is 0.836. The maximum Gasteiger partial charge on any atom is 0.247 e. The molecule has 1 aliphatic rings. The van der Waals surface area contributed by atoms with Gasteiger partial charge in [-0.15, -0.1) is 0 Å². The lowest BCUT2D eigenvalue weighted by molar-refractivity contribution is -0.146. The van der Waals surface area contributed by atoms with E-state index in [4.69, 9.17) is 4.74 Å². The number of amides is 2. The number of nitrogens with one attached hydrogen (secondary N) is 1. The number of methoxy groups -OCH3 is 1. The lowest BCUT2D eigenvalue weighted by Gasteiger charge is -2.36. The van der Waals surface area contributed by atoms with Gasteiger partial charge in [-0.3, -0.25) is 9.59 Å². The zero-order valence-corrected chi connectivity index (χ0v) is 11.8. The molecule has 1 aromatic carbocycles. The van der Waals surface area contributed by atoms with Crippen LogP contribution in [-0.4, -0.2) is 43.5 Å². The van der Waals surface area contributed by atoms with Crippen molar-refractivity contribution in [3.8, 4) is 0 Å². The largest absolute Gasteiger partial charge is 0.384 e. The Kier molecular flexibility index (Phi) is 4.74. The fourth-order valence-electron chi connectivity index (χ4n) is 2.49. The predicted octanol–water partition coefficient (Wildman–Crippen LogP) is 0.969. The molecule has 1 aromatic rings. The van der Waals surface area contributed by atoms with E-state index in [-0.39, 0.29) is 24.3 Å². The molecule has 1 aliphatic heterocycles. The summed E-state index contributed by atoms with van der Waals surface area (Å²) in [5, 5.41) is 2.65. The molecule has 1 heterocycles. The van der Waals surface area contributed by atoms with Crippen LogP contribution in [0.25, 0.3) is 0 Å². The Morgan fingerprint density at radius 1 is 1.35 bits per heavy atom. The quantitative estimate of drug-likeness (QED) is 0.871. The lowest BCUT2D eigenvalue weighted by atomic mass is 10.0. The minimum absolute atomic E-state index is 0.0543. The Labute approximate surface area is 118 Å². The fraction of sp³-hybridized carbons (Fsp3) is 0.467. The normalized spacial score (nSPS) is 20.7. The van der Waals surface area contributed by atoms with E-state index < -0.39 is 6.04 Å². The van der Waals surface area contributed by atoms with E-state index in [0.29, 0.717) is 13.2 Å². The molecule has 5 heteroatoms. The second kappa shape index (κ2) is 6.52. The van der Waals surface area contributed by atoms with E-state index in [1.807, 2.05) is 37.3 Å². The molecule has 5 nitrogen and oxygen atoms in total. The molecule has 1 N–H and O–H groups in total. The maximum absolute atomic E-state index is 12.2. The third kappa shape index (κ3) is 3.17. The predicted molar refractivity (Wildman–Crippen MR) is 74.9 cm³/mol. The minimum atomic E-state index is -0.545. The summed E-state index contributed by atoms with van der Waals surface area (Å²) in [6.45, 7) is 3.15. The minimum Gasteiger partial charge on any atom is -0.384 e. The second-order valence-corrected chi connectivity index (χ2v) is 5.14. The molecular formula is C15H20N2O3. The van der Waals surface area contributed by atoms with Crippen LogP contribution in [0.3, 0.4) is 0 Å². The number of rotatable bonds is 5. The molecule has 0 aliphatic carbocycles. The van der Waals surface area contributed by atoms with Gasteiger partial charge >= 0.3 is 0 Å². The van der Waals surface area contributed by atoms with Crippen molar-refractivity contribution in [1.29, 1.82) is 0 Å². The first-order chi connectivity index (χ1) is 9.63. The summed E-state index contributed by atoms with van der Waals surface area (Å²) in [6, 6.07) is 8.84. The van der Waals surface area contributed by atoms with Crippen LogP contribution in [0.15, 0.2) is 30.3 Å². The SMILES string of the molecule is COCC(C)CN1C(=O)CNC(=O)C1c1ccccc1. The van der Waals surface area contributed by atoms with E-state index in [0.717, 1.165) is 5.56 Å². The molecule has 2 amide bonds. The van der Waals surface area contributed by atoms with Crippen molar-refractivity contribution in [2.24, 2.45) is 5.92 Å². The van der Waals surface area contributed by atoms with Crippen LogP contribution < -0.4 is 5.32 Å². The van der Waals surface area contributed by atoms with Gasteiger partial charge in [-0.05, 0) is 11.5 Å². The number of ether oxygens (including phenoxy) is 1. The second-order valence-electron chi connectivity index (χ2n) is 5.14. The summed E-state index contributed by atoms with van der Waals surface area (Å²) >= 11 is 0. The summed E-state index contributed by atoms with van der Waals surface area (Å²) in [7, 11) is 1.63. The van der Waals surface area contributed by atoms with Crippen molar-refractivity contribution in [1.82, 2.24) is 10.2 Å². The standard InChI is InChI=1S/C15H20N2O3/c1-11(10-20-2)9-17-13(18)8-16-15(19)14(17)12-6-4-3-5-7-12/h3-7,11,14H,8-10H2,1-2H3,(H,16,19). The highest BCUT2D eigenvalue weighted by Crippen LogP contribution is 2.24. The Balaban J connectivity index is 2.23. The van der Waals surface area contributed by atoms with Crippen LogP contribution in [0, 0.1) is 5.92 Å². The average Bonchev–Trinajstić information content (AvgIpc) is 2.44. The van der Waals surface area contributed by atoms with Gasteiger partial charge in [-0.2, -0.15) is 0 Å². The van der Waals surface area contributed by atoms with Crippen LogP contribution in [-0.2, 0) is 14.3 Å². The average molecular weight is 276 g/mol. The molecule has 0 aromatic heterocycles. The highest BCUT2D eigenvalue weighted by Gasteiger charge is 2.35. The van der Waals surface area contributed by atoms with Crippen LogP contribution in [0.4, 0.5) is 0 Å². The summed E-state index contributed by atoms with van der Waals surface area (Å²) in [6.07, 6.45) is 0. The topological polar surface area (TPSA) is 58.6 Å². The molecular weight excluding hydrogens is 256 g/mol. The molecule has 2 unspecified atom stereocenters. The molecule has 20 heavy (non-hydrogen) atoms. The van der Waals surface area contributed by atoms with Crippen molar-refractivity contribution in [3.05, 3.63) is 35.9 Å². The Bertz CT molecular complexity index is 475. The molecule has 0 saturated carbocycles. The van der Waals surface area contributed by atoms with Crippen molar-refractivity contribution >= 4 is 11.8 Å². The van der Waals surface area contributed by atoms with Gasteiger partial charge in [0.25, 0.3) is 0 Å². The number of carbonyl (C=O) groups is 2. The molecule has 2 atom stereocenters. The molecule has 108 valence electrons. The van der Waals surface area contributed by atoms with Crippen LogP contribution in [0.2, 0.25) is 0 Å². The van der Waals surface area contributed by atoms with Crippen LogP contribution in [0.5, 0.6) is 0 Å². The summed E-state index contributed by atoms with van der Waals surface area (Å²) in [4.78, 5) is 25.9. The zero-order chi connectivity index (χ0) is 14.5. The number of benzene rings is 1. The van der Waals surface area contributed by atoms with Crippen LogP contribution >= 0.6 is 0 Å². The van der Waals surface area contributed by atoms with Crippen molar-refractivity contribution < 1.29 is 14.3 Å². The van der Waals surface area contributed by atoms with Gasteiger partial charge in [0, 0.05) is 13.7 Å². The van der Waals surface area contributed by atoms with Gasteiger partial charge in [-0.1, -0.05) is 37.3 Å². The van der Waals surface area contributed by atoms with Crippen molar-refractivity contribution in [3.63, 3.8) is 0 Å². The summed E-state index contributed by atoms with van der Waals surface area (Å²) in [5.74, 6) is 0.00267. The number of nitrogens with zero attached hydrogens (tertiary/aromatic N) is 1. The van der Waals surface area contributed by atoms with E-state index >= 15 is 0 Å². The van der Waals surface area contributed by atoms with Gasteiger partial charge < -0.3 is 15.0 Å². The molecule has 0 radical (unpaired) electrons. The first-order valence-corrected chi connectivity index (χ1v) is 6.74. The van der Waals surface area contributed by atoms with Crippen molar-refractivity contribution in [2.45, 2.75) is 13.0 Å². The highest BCUT2D eigenvalue weighted by atomic mass is 16.5. The Morgan fingerprint density at radius 2 is 2.05 bits per heavy atom. The molecule has 2 rings (SSSR count). The first-order valence-electron chi connectivity index (χ1n) is 6.74. The van der Waals surface area contributed by atoms with E-state index in [9.17, 15) is 9.59 Å². The molecule has 1 fully saturated rings. The van der Waals surface area contributed by atoms with E-state index in [1.54, 1.807) is 12.0 Å².